The Kier molecular flexibility index (Phi) is 3.17. The van der Waals surface area contributed by atoms with Gasteiger partial charge in [-0.05, 0) is 23.3 Å². The normalized spacial score (nSPS) is 19.5. The SMILES string of the molecule is O=C(O)CC1(Cn2cnnn2)CCCCC1. The number of hydrogen-bond acceptors (Lipinski definition) is 4. The minimum Gasteiger partial charge on any atom is -0.481 e. The van der Waals surface area contributed by atoms with Gasteiger partial charge in [0.1, 0.15) is 6.33 Å². The van der Waals surface area contributed by atoms with Gasteiger partial charge in [0.2, 0.25) is 0 Å². The molecule has 0 saturated heterocycles. The Hall–Kier alpha value is -1.46. The van der Waals surface area contributed by atoms with Crippen LogP contribution in [0.3, 0.4) is 0 Å². The van der Waals surface area contributed by atoms with Crippen LogP contribution in [0, 0.1) is 5.41 Å². The molecule has 1 heterocycles. The summed E-state index contributed by atoms with van der Waals surface area (Å²) in [5, 5.41) is 20.0. The zero-order valence-corrected chi connectivity index (χ0v) is 9.17. The predicted octanol–water partition coefficient (Wildman–Crippen LogP) is 1.10. The first kappa shape index (κ1) is 11.0. The Balaban J connectivity index is 2.09. The highest BCUT2D eigenvalue weighted by Crippen LogP contribution is 2.40. The van der Waals surface area contributed by atoms with Crippen molar-refractivity contribution in [3.05, 3.63) is 6.33 Å². The average Bonchev–Trinajstić information content (AvgIpc) is 2.70. The van der Waals surface area contributed by atoms with Crippen molar-refractivity contribution >= 4 is 5.97 Å². The molecule has 1 saturated carbocycles. The number of nitrogens with zero attached hydrogens (tertiary/aromatic N) is 4. The summed E-state index contributed by atoms with van der Waals surface area (Å²) in [4.78, 5) is 10.9. The molecule has 0 unspecified atom stereocenters. The zero-order chi connectivity index (χ0) is 11.4. The smallest absolute Gasteiger partial charge is 0.303 e. The molecule has 1 aliphatic rings. The van der Waals surface area contributed by atoms with E-state index in [1.165, 1.54) is 6.42 Å². The number of tetrazole rings is 1. The van der Waals surface area contributed by atoms with Gasteiger partial charge in [-0.1, -0.05) is 19.3 Å². The number of carboxylic acids is 1. The summed E-state index contributed by atoms with van der Waals surface area (Å²) in [7, 11) is 0. The van der Waals surface area contributed by atoms with E-state index in [9.17, 15) is 4.79 Å². The van der Waals surface area contributed by atoms with E-state index in [4.69, 9.17) is 5.11 Å². The van der Waals surface area contributed by atoms with Crippen molar-refractivity contribution < 1.29 is 9.90 Å². The van der Waals surface area contributed by atoms with Crippen LogP contribution in [0.15, 0.2) is 6.33 Å². The largest absolute Gasteiger partial charge is 0.481 e. The number of carboxylic acid groups (broad SMARTS) is 1. The molecule has 1 aliphatic carbocycles. The third-order valence-corrected chi connectivity index (χ3v) is 3.33. The molecule has 0 aliphatic heterocycles. The van der Waals surface area contributed by atoms with Crippen molar-refractivity contribution in [2.45, 2.75) is 45.1 Å². The number of rotatable bonds is 4. The molecular formula is C10H16N4O2. The first-order valence-electron chi connectivity index (χ1n) is 5.63. The van der Waals surface area contributed by atoms with Crippen LogP contribution in [0.2, 0.25) is 0 Å². The molecule has 1 N–H and O–H groups in total. The molecule has 88 valence electrons. The molecule has 0 amide bonds. The first-order chi connectivity index (χ1) is 7.70. The number of hydrogen-bond donors (Lipinski definition) is 1. The van der Waals surface area contributed by atoms with Gasteiger partial charge in [-0.3, -0.25) is 4.79 Å². The van der Waals surface area contributed by atoms with Crippen molar-refractivity contribution in [2.75, 3.05) is 0 Å². The lowest BCUT2D eigenvalue weighted by molar-refractivity contribution is -0.140. The van der Waals surface area contributed by atoms with Gasteiger partial charge in [-0.2, -0.15) is 0 Å². The van der Waals surface area contributed by atoms with Crippen LogP contribution in [0.5, 0.6) is 0 Å². The Morgan fingerprint density at radius 1 is 1.38 bits per heavy atom. The molecule has 2 rings (SSSR count). The van der Waals surface area contributed by atoms with E-state index in [2.05, 4.69) is 15.5 Å². The van der Waals surface area contributed by atoms with E-state index in [1.807, 2.05) is 0 Å². The Morgan fingerprint density at radius 3 is 2.69 bits per heavy atom. The highest BCUT2D eigenvalue weighted by Gasteiger charge is 2.35. The first-order valence-corrected chi connectivity index (χ1v) is 5.63. The number of aromatic nitrogens is 4. The highest BCUT2D eigenvalue weighted by molar-refractivity contribution is 5.67. The van der Waals surface area contributed by atoms with Crippen molar-refractivity contribution in [1.29, 1.82) is 0 Å². The quantitative estimate of drug-likeness (QED) is 0.828. The van der Waals surface area contributed by atoms with Gasteiger partial charge in [-0.25, -0.2) is 4.68 Å². The van der Waals surface area contributed by atoms with Crippen LogP contribution in [0.1, 0.15) is 38.5 Å². The maximum atomic E-state index is 10.9. The molecule has 6 heteroatoms. The lowest BCUT2D eigenvalue weighted by Gasteiger charge is -2.35. The standard InChI is InChI=1S/C10H16N4O2/c15-9(16)6-10(4-2-1-3-5-10)7-14-8-11-12-13-14/h8H,1-7H2,(H,15,16). The van der Waals surface area contributed by atoms with E-state index >= 15 is 0 Å². The summed E-state index contributed by atoms with van der Waals surface area (Å²) in [5.74, 6) is -0.727. The van der Waals surface area contributed by atoms with E-state index in [0.717, 1.165) is 25.7 Å². The Morgan fingerprint density at radius 2 is 2.12 bits per heavy atom. The van der Waals surface area contributed by atoms with Gasteiger partial charge >= 0.3 is 5.97 Å². The summed E-state index contributed by atoms with van der Waals surface area (Å²) in [5.41, 5.74) is -0.153. The number of aliphatic carboxylic acids is 1. The molecule has 0 radical (unpaired) electrons. The van der Waals surface area contributed by atoms with Crippen molar-refractivity contribution in [3.63, 3.8) is 0 Å². The summed E-state index contributed by atoms with van der Waals surface area (Å²) >= 11 is 0. The summed E-state index contributed by atoms with van der Waals surface area (Å²) < 4.78 is 1.65. The zero-order valence-electron chi connectivity index (χ0n) is 9.17. The topological polar surface area (TPSA) is 80.9 Å². The molecule has 0 atom stereocenters. The van der Waals surface area contributed by atoms with Gasteiger partial charge in [0.15, 0.2) is 0 Å². The van der Waals surface area contributed by atoms with E-state index in [0.29, 0.717) is 6.54 Å². The van der Waals surface area contributed by atoms with Crippen LogP contribution in [0.4, 0.5) is 0 Å². The molecule has 1 aromatic rings. The van der Waals surface area contributed by atoms with Crippen LogP contribution < -0.4 is 0 Å². The van der Waals surface area contributed by atoms with Crippen LogP contribution in [-0.4, -0.2) is 31.3 Å². The predicted molar refractivity (Wildman–Crippen MR) is 55.6 cm³/mol. The lowest BCUT2D eigenvalue weighted by atomic mass is 9.72. The fourth-order valence-electron chi connectivity index (χ4n) is 2.61. The maximum absolute atomic E-state index is 10.9. The van der Waals surface area contributed by atoms with E-state index in [1.54, 1.807) is 11.0 Å². The fraction of sp³-hybridized carbons (Fsp3) is 0.800. The van der Waals surface area contributed by atoms with Gasteiger partial charge in [-0.15, -0.1) is 5.10 Å². The highest BCUT2D eigenvalue weighted by atomic mass is 16.4. The Labute approximate surface area is 93.6 Å². The third kappa shape index (κ3) is 2.56. The summed E-state index contributed by atoms with van der Waals surface area (Å²) in [6.07, 6.45) is 7.10. The van der Waals surface area contributed by atoms with Crippen molar-refractivity contribution in [3.8, 4) is 0 Å². The molecular weight excluding hydrogens is 208 g/mol. The second-order valence-electron chi connectivity index (χ2n) is 4.64. The molecule has 1 fully saturated rings. The number of carbonyl (C=O) groups is 1. The van der Waals surface area contributed by atoms with Gasteiger partial charge in [0, 0.05) is 5.41 Å². The molecule has 0 aromatic carbocycles. The molecule has 0 spiro atoms. The van der Waals surface area contributed by atoms with Crippen LogP contribution in [0.25, 0.3) is 0 Å². The fourth-order valence-corrected chi connectivity index (χ4v) is 2.61. The second-order valence-corrected chi connectivity index (χ2v) is 4.64. The summed E-state index contributed by atoms with van der Waals surface area (Å²) in [6, 6.07) is 0. The van der Waals surface area contributed by atoms with Crippen LogP contribution >= 0.6 is 0 Å². The minimum absolute atomic E-state index is 0.153. The van der Waals surface area contributed by atoms with E-state index < -0.39 is 5.97 Å². The van der Waals surface area contributed by atoms with Crippen molar-refractivity contribution in [1.82, 2.24) is 20.2 Å². The monoisotopic (exact) mass is 224 g/mol. The molecule has 1 aromatic heterocycles. The molecule has 16 heavy (non-hydrogen) atoms. The second kappa shape index (κ2) is 4.59. The van der Waals surface area contributed by atoms with Gasteiger partial charge < -0.3 is 5.11 Å². The van der Waals surface area contributed by atoms with Crippen LogP contribution in [-0.2, 0) is 11.3 Å². The average molecular weight is 224 g/mol. The third-order valence-electron chi connectivity index (χ3n) is 3.33. The minimum atomic E-state index is -0.727. The molecule has 0 bridgehead atoms. The van der Waals surface area contributed by atoms with Crippen molar-refractivity contribution in [2.24, 2.45) is 5.41 Å². The summed E-state index contributed by atoms with van der Waals surface area (Å²) in [6.45, 7) is 0.617. The Bertz CT molecular complexity index is 344. The maximum Gasteiger partial charge on any atom is 0.303 e. The van der Waals surface area contributed by atoms with E-state index in [-0.39, 0.29) is 11.8 Å². The lowest BCUT2D eigenvalue weighted by Crippen LogP contribution is -2.32. The molecule has 6 nitrogen and oxygen atoms in total. The van der Waals surface area contributed by atoms with Gasteiger partial charge in [0.05, 0.1) is 13.0 Å². The van der Waals surface area contributed by atoms with Gasteiger partial charge in [0.25, 0.3) is 0 Å².